The lowest BCUT2D eigenvalue weighted by molar-refractivity contribution is -0.228. The third-order valence-electron chi connectivity index (χ3n) is 5.08. The van der Waals surface area contributed by atoms with E-state index < -0.39 is 33.9 Å². The van der Waals surface area contributed by atoms with Crippen LogP contribution in [0.15, 0.2) is 6.33 Å². The zero-order chi connectivity index (χ0) is 20.8. The van der Waals surface area contributed by atoms with Crippen LogP contribution in [0.1, 0.15) is 26.7 Å². The molecule has 2 aliphatic heterocycles. The number of hydrogen-bond donors (Lipinski definition) is 3. The minimum absolute atomic E-state index is 0. The number of hydrogen-bond acceptors (Lipinski definition) is 7. The maximum absolute atomic E-state index is 13.7. The lowest BCUT2D eigenvalue weighted by Crippen LogP contribution is -2.54. The van der Waals surface area contributed by atoms with E-state index in [1.807, 2.05) is 13.8 Å². The van der Waals surface area contributed by atoms with Crippen LogP contribution < -0.4 is 24.8 Å². The number of rotatable bonds is 4. The Morgan fingerprint density at radius 2 is 1.93 bits per heavy atom. The van der Waals surface area contributed by atoms with E-state index in [4.69, 9.17) is 9.88 Å². The molecule has 0 bridgehead atoms. The van der Waals surface area contributed by atoms with Gasteiger partial charge in [-0.25, -0.2) is 19.8 Å². The highest BCUT2D eigenvalue weighted by atomic mass is 35.5. The van der Waals surface area contributed by atoms with Crippen LogP contribution in [0.25, 0.3) is 0 Å². The predicted octanol–water partition coefficient (Wildman–Crippen LogP) is 1.42. The van der Waals surface area contributed by atoms with Gasteiger partial charge in [-0.05, 0) is 26.7 Å². The first-order valence-corrected chi connectivity index (χ1v) is 10.2. The molecule has 3 heterocycles. The summed E-state index contributed by atoms with van der Waals surface area (Å²) in [5, 5.41) is 7.95. The van der Waals surface area contributed by atoms with Crippen molar-refractivity contribution in [3.05, 3.63) is 6.33 Å². The average Bonchev–Trinajstić information content (AvgIpc) is 2.57. The number of ether oxygens (including phenoxy) is 1. The molecule has 0 amide bonds. The van der Waals surface area contributed by atoms with Crippen molar-refractivity contribution in [1.82, 2.24) is 14.7 Å². The van der Waals surface area contributed by atoms with Crippen LogP contribution in [-0.4, -0.2) is 56.3 Å². The van der Waals surface area contributed by atoms with Crippen molar-refractivity contribution in [1.29, 1.82) is 0 Å². The Morgan fingerprint density at radius 1 is 1.31 bits per heavy atom. The Morgan fingerprint density at radius 3 is 2.48 bits per heavy atom. The van der Waals surface area contributed by atoms with Crippen LogP contribution in [0, 0.1) is 5.41 Å². The van der Waals surface area contributed by atoms with Gasteiger partial charge in [0.1, 0.15) is 11.9 Å². The van der Waals surface area contributed by atoms with Gasteiger partial charge >= 0.3 is 6.18 Å². The van der Waals surface area contributed by atoms with E-state index in [-0.39, 0.29) is 38.3 Å². The molecule has 9 nitrogen and oxygen atoms in total. The molecule has 1 aromatic heterocycles. The fraction of sp³-hybridized carbons (Fsp3) is 0.733. The quantitative estimate of drug-likeness (QED) is 0.621. The first kappa shape index (κ1) is 23.7. The maximum Gasteiger partial charge on any atom is 0.395 e. The van der Waals surface area contributed by atoms with Gasteiger partial charge in [0.15, 0.2) is 11.6 Å². The molecule has 0 atom stereocenters. The van der Waals surface area contributed by atoms with E-state index in [1.165, 1.54) is 6.33 Å². The zero-order valence-corrected chi connectivity index (χ0v) is 17.5. The number of fused-ring (bicyclic) bond motifs is 1. The summed E-state index contributed by atoms with van der Waals surface area (Å²) in [5.41, 5.74) is -2.71. The Bertz CT molecular complexity index is 844. The number of anilines is 2. The molecular formula is C15H24ClF3N6O3S. The maximum atomic E-state index is 13.7. The molecule has 4 N–H and O–H groups in total. The van der Waals surface area contributed by atoms with Crippen molar-refractivity contribution in [2.75, 3.05) is 36.4 Å². The van der Waals surface area contributed by atoms with Crippen LogP contribution >= 0.6 is 12.4 Å². The normalized spacial score (nSPS) is 20.7. The number of piperidine rings is 1. The van der Waals surface area contributed by atoms with Crippen LogP contribution in [0.3, 0.4) is 0 Å². The average molecular weight is 461 g/mol. The molecule has 29 heavy (non-hydrogen) atoms. The second-order valence-corrected chi connectivity index (χ2v) is 9.10. The monoisotopic (exact) mass is 460 g/mol. The Balaban J connectivity index is 0.00000300. The number of aromatic nitrogens is 2. The minimum atomic E-state index is -4.58. The van der Waals surface area contributed by atoms with Gasteiger partial charge in [-0.3, -0.25) is 0 Å². The number of nitrogens with two attached hydrogens (primary N) is 1. The van der Waals surface area contributed by atoms with Crippen molar-refractivity contribution in [2.45, 2.75) is 38.5 Å². The molecule has 1 saturated heterocycles. The zero-order valence-electron chi connectivity index (χ0n) is 15.9. The summed E-state index contributed by atoms with van der Waals surface area (Å²) in [7, 11) is -4.23. The fourth-order valence-corrected chi connectivity index (χ4v) is 3.84. The second-order valence-electron chi connectivity index (χ2n) is 7.72. The highest BCUT2D eigenvalue weighted by Crippen LogP contribution is 2.48. The van der Waals surface area contributed by atoms with Crippen molar-refractivity contribution in [2.24, 2.45) is 10.6 Å². The van der Waals surface area contributed by atoms with E-state index in [1.54, 1.807) is 9.62 Å². The van der Waals surface area contributed by atoms with Crippen molar-refractivity contribution in [3.63, 3.8) is 0 Å². The van der Waals surface area contributed by atoms with Crippen molar-refractivity contribution < 1.29 is 26.3 Å². The van der Waals surface area contributed by atoms with Crippen LogP contribution in [0.2, 0.25) is 0 Å². The van der Waals surface area contributed by atoms with Crippen LogP contribution in [0.5, 0.6) is 5.75 Å². The van der Waals surface area contributed by atoms with Gasteiger partial charge in [-0.1, -0.05) is 0 Å². The van der Waals surface area contributed by atoms with Gasteiger partial charge in [0.2, 0.25) is 5.75 Å². The molecule has 2 aliphatic rings. The molecular weight excluding hydrogens is 437 g/mol. The molecule has 14 heteroatoms. The number of nitrogens with one attached hydrogen (secondary N) is 2. The van der Waals surface area contributed by atoms with E-state index in [2.05, 4.69) is 15.3 Å². The lowest BCUT2D eigenvalue weighted by Gasteiger charge is -2.44. The smallest absolute Gasteiger partial charge is 0.395 e. The van der Waals surface area contributed by atoms with Gasteiger partial charge in [-0.2, -0.15) is 21.6 Å². The molecule has 0 aliphatic carbocycles. The van der Waals surface area contributed by atoms with Gasteiger partial charge in [0, 0.05) is 19.6 Å². The summed E-state index contributed by atoms with van der Waals surface area (Å²) in [6.07, 6.45) is -3.87. The fourth-order valence-electron chi connectivity index (χ4n) is 3.36. The molecule has 0 aromatic carbocycles. The highest BCUT2D eigenvalue weighted by molar-refractivity contribution is 7.87. The minimum Gasteiger partial charge on any atom is -0.479 e. The predicted molar refractivity (Wildman–Crippen MR) is 104 cm³/mol. The Labute approximate surface area is 173 Å². The van der Waals surface area contributed by atoms with Gasteiger partial charge in [-0.15, -0.1) is 12.4 Å². The third kappa shape index (κ3) is 5.13. The molecule has 0 unspecified atom stereocenters. The van der Waals surface area contributed by atoms with E-state index in [9.17, 15) is 21.6 Å². The molecule has 0 saturated carbocycles. The summed E-state index contributed by atoms with van der Waals surface area (Å²) < 4.78 is 71.1. The molecule has 0 spiro atoms. The summed E-state index contributed by atoms with van der Waals surface area (Å²) in [6.45, 7) is 3.55. The molecule has 1 fully saturated rings. The lowest BCUT2D eigenvalue weighted by atomic mass is 9.77. The van der Waals surface area contributed by atoms with E-state index in [0.29, 0.717) is 23.9 Å². The van der Waals surface area contributed by atoms with Crippen molar-refractivity contribution >= 4 is 34.3 Å². The summed E-state index contributed by atoms with van der Waals surface area (Å²) in [6, 6.07) is 0. The van der Waals surface area contributed by atoms with Crippen LogP contribution in [0.4, 0.5) is 24.8 Å². The van der Waals surface area contributed by atoms with Crippen molar-refractivity contribution in [3.8, 4) is 5.75 Å². The first-order chi connectivity index (χ1) is 12.8. The molecule has 1 aromatic rings. The second kappa shape index (κ2) is 7.93. The SMILES string of the molecule is CC1(C)CNc2ncnc(N3CCC(CNS(N)(=O)=O)(C(F)(F)F)CC3)c2O1.Cl. The Hall–Kier alpha value is -1.57. The largest absolute Gasteiger partial charge is 0.479 e. The van der Waals surface area contributed by atoms with Crippen LogP contribution in [-0.2, 0) is 10.2 Å². The standard InChI is InChI=1S/C15H23F3N6O3S.ClH/c1-13(2)7-20-11-10(27-13)12(22-9-21-11)24-5-3-14(4-6-24,15(16,17)18)8-23-28(19,25)26;/h9,23H,3-8H2,1-2H3,(H2,19,25,26)(H,20,21,22);1H. The number of halogens is 4. The van der Waals surface area contributed by atoms with E-state index in [0.717, 1.165) is 0 Å². The molecule has 166 valence electrons. The highest BCUT2D eigenvalue weighted by Gasteiger charge is 2.56. The summed E-state index contributed by atoms with van der Waals surface area (Å²) in [4.78, 5) is 10.0. The first-order valence-electron chi connectivity index (χ1n) is 8.69. The summed E-state index contributed by atoms with van der Waals surface area (Å²) in [5.74, 6) is 1.31. The topological polar surface area (TPSA) is 122 Å². The van der Waals surface area contributed by atoms with E-state index >= 15 is 0 Å². The third-order valence-corrected chi connectivity index (χ3v) is 5.62. The summed E-state index contributed by atoms with van der Waals surface area (Å²) >= 11 is 0. The van der Waals surface area contributed by atoms with Gasteiger partial charge in [0.05, 0.1) is 12.0 Å². The molecule has 3 rings (SSSR count). The number of alkyl halides is 3. The Kier molecular flexibility index (Phi) is 6.48. The number of nitrogens with zero attached hydrogens (tertiary/aromatic N) is 3. The molecule has 0 radical (unpaired) electrons. The van der Waals surface area contributed by atoms with Gasteiger partial charge < -0.3 is 15.0 Å². The van der Waals surface area contributed by atoms with Gasteiger partial charge in [0.25, 0.3) is 10.2 Å².